The number of hydrogen-bond acceptors (Lipinski definition) is 5. The van der Waals surface area contributed by atoms with Crippen LogP contribution in [0.5, 0.6) is 0 Å². The molecule has 0 aromatic rings. The summed E-state index contributed by atoms with van der Waals surface area (Å²) in [5.74, 6) is -0.00964. The Bertz CT molecular complexity index is 763. The molecule has 4 aliphatic rings. The zero-order chi connectivity index (χ0) is 22.9. The van der Waals surface area contributed by atoms with Gasteiger partial charge < -0.3 is 15.1 Å². The van der Waals surface area contributed by atoms with Crippen LogP contribution in [0.25, 0.3) is 0 Å². The number of rotatable bonds is 4. The van der Waals surface area contributed by atoms with Crippen molar-refractivity contribution >= 4 is 23.8 Å². The highest BCUT2D eigenvalue weighted by molar-refractivity contribution is 6.07. The molecule has 178 valence electrons. The summed E-state index contributed by atoms with van der Waals surface area (Å²) in [5, 5.41) is 2.95. The standard InChI is InChI=1S/C23H37N5O4/c1-3-19(29)25-13-9-23(10-14-25)21(31)28(22(32)24-23)18-8-6-12-27(15-18)20(30)16-26-11-5-4-7-17(26)2/h17-18H,3-16H2,1-2H3,(H,24,32)/t17-,18-/m1/s1. The summed E-state index contributed by atoms with van der Waals surface area (Å²) in [7, 11) is 0. The Balaban J connectivity index is 1.38. The van der Waals surface area contributed by atoms with E-state index in [2.05, 4.69) is 17.1 Å². The molecule has 0 radical (unpaired) electrons. The topological polar surface area (TPSA) is 93.3 Å². The van der Waals surface area contributed by atoms with Gasteiger partial charge in [-0.15, -0.1) is 0 Å². The van der Waals surface area contributed by atoms with Gasteiger partial charge in [-0.25, -0.2) is 4.79 Å². The molecule has 4 rings (SSSR count). The van der Waals surface area contributed by atoms with E-state index >= 15 is 0 Å². The predicted octanol–water partition coefficient (Wildman–Crippen LogP) is 1.17. The second kappa shape index (κ2) is 9.37. The fourth-order valence-electron chi connectivity index (χ4n) is 5.73. The first-order valence-electron chi connectivity index (χ1n) is 12.3. The number of imide groups is 1. The molecule has 2 atom stereocenters. The van der Waals surface area contributed by atoms with Gasteiger partial charge in [0.1, 0.15) is 5.54 Å². The molecule has 9 heteroatoms. The lowest BCUT2D eigenvalue weighted by molar-refractivity contribution is -0.141. The average Bonchev–Trinajstić information content (AvgIpc) is 3.04. The quantitative estimate of drug-likeness (QED) is 0.653. The molecule has 0 saturated carbocycles. The molecular formula is C23H37N5O4. The van der Waals surface area contributed by atoms with Gasteiger partial charge in [-0.2, -0.15) is 0 Å². The molecule has 0 bridgehead atoms. The fraction of sp³-hybridized carbons (Fsp3) is 0.826. The van der Waals surface area contributed by atoms with Gasteiger partial charge >= 0.3 is 6.03 Å². The van der Waals surface area contributed by atoms with Crippen molar-refractivity contribution in [2.24, 2.45) is 0 Å². The van der Waals surface area contributed by atoms with Crippen LogP contribution in [0.3, 0.4) is 0 Å². The molecule has 1 N–H and O–H groups in total. The number of nitrogens with zero attached hydrogens (tertiary/aromatic N) is 4. The van der Waals surface area contributed by atoms with E-state index in [0.717, 1.165) is 32.2 Å². The minimum atomic E-state index is -0.906. The van der Waals surface area contributed by atoms with Crippen LogP contribution in [0.15, 0.2) is 0 Å². The van der Waals surface area contributed by atoms with Gasteiger partial charge in [-0.05, 0) is 52.0 Å². The third-order valence-electron chi connectivity index (χ3n) is 7.86. The number of nitrogens with one attached hydrogen (secondary N) is 1. The Morgan fingerprint density at radius 2 is 1.72 bits per heavy atom. The van der Waals surface area contributed by atoms with Gasteiger partial charge in [0.15, 0.2) is 0 Å². The molecule has 0 aliphatic carbocycles. The minimum Gasteiger partial charge on any atom is -0.343 e. The summed E-state index contributed by atoms with van der Waals surface area (Å²) >= 11 is 0. The van der Waals surface area contributed by atoms with E-state index in [-0.39, 0.29) is 29.8 Å². The maximum Gasteiger partial charge on any atom is 0.325 e. The van der Waals surface area contributed by atoms with Gasteiger partial charge in [0.2, 0.25) is 11.8 Å². The third kappa shape index (κ3) is 4.36. The van der Waals surface area contributed by atoms with Crippen molar-refractivity contribution in [3.8, 4) is 0 Å². The Kier molecular flexibility index (Phi) is 6.74. The predicted molar refractivity (Wildman–Crippen MR) is 119 cm³/mol. The maximum atomic E-state index is 13.4. The highest BCUT2D eigenvalue weighted by Crippen LogP contribution is 2.32. The lowest BCUT2D eigenvalue weighted by Gasteiger charge is -2.40. The molecule has 4 heterocycles. The highest BCUT2D eigenvalue weighted by Gasteiger charge is 2.54. The summed E-state index contributed by atoms with van der Waals surface area (Å²) in [5.41, 5.74) is -0.906. The molecule has 0 aromatic heterocycles. The zero-order valence-corrected chi connectivity index (χ0v) is 19.5. The Labute approximate surface area is 190 Å². The minimum absolute atomic E-state index is 0.0814. The first-order valence-corrected chi connectivity index (χ1v) is 12.3. The number of carbonyl (C=O) groups is 4. The van der Waals surface area contributed by atoms with Gasteiger partial charge in [0.05, 0.1) is 12.6 Å². The second-order valence-corrected chi connectivity index (χ2v) is 9.87. The van der Waals surface area contributed by atoms with Crippen molar-refractivity contribution in [3.05, 3.63) is 0 Å². The zero-order valence-electron chi connectivity index (χ0n) is 19.5. The second-order valence-electron chi connectivity index (χ2n) is 9.87. The van der Waals surface area contributed by atoms with E-state index in [1.807, 2.05) is 11.8 Å². The molecule has 1 spiro atoms. The molecule has 4 fully saturated rings. The van der Waals surface area contributed by atoms with Crippen LogP contribution < -0.4 is 5.32 Å². The van der Waals surface area contributed by atoms with Crippen LogP contribution in [-0.2, 0) is 14.4 Å². The van der Waals surface area contributed by atoms with Gasteiger partial charge in [-0.1, -0.05) is 13.3 Å². The summed E-state index contributed by atoms with van der Waals surface area (Å²) in [6.45, 7) is 7.44. The first kappa shape index (κ1) is 23.0. The number of piperidine rings is 3. The maximum absolute atomic E-state index is 13.4. The van der Waals surface area contributed by atoms with Crippen LogP contribution in [0.4, 0.5) is 4.79 Å². The van der Waals surface area contributed by atoms with Crippen molar-refractivity contribution in [2.45, 2.75) is 82.8 Å². The Morgan fingerprint density at radius 3 is 2.41 bits per heavy atom. The van der Waals surface area contributed by atoms with Crippen molar-refractivity contribution < 1.29 is 19.2 Å². The number of likely N-dealkylation sites (tertiary alicyclic amines) is 3. The van der Waals surface area contributed by atoms with Gasteiger partial charge in [0, 0.05) is 38.6 Å². The SMILES string of the molecule is CCC(=O)N1CCC2(CC1)NC(=O)N([C@@H]1CCCN(C(=O)CN3CCCC[C@H]3C)C1)C2=O. The molecule has 32 heavy (non-hydrogen) atoms. The number of urea groups is 1. The molecular weight excluding hydrogens is 410 g/mol. The fourth-order valence-corrected chi connectivity index (χ4v) is 5.73. The number of amides is 5. The van der Waals surface area contributed by atoms with E-state index in [1.54, 1.807) is 4.90 Å². The summed E-state index contributed by atoms with van der Waals surface area (Å²) in [4.78, 5) is 58.5. The van der Waals surface area contributed by atoms with Gasteiger partial charge in [0.25, 0.3) is 5.91 Å². The van der Waals surface area contributed by atoms with E-state index in [9.17, 15) is 19.2 Å². The van der Waals surface area contributed by atoms with Crippen molar-refractivity contribution in [1.82, 2.24) is 24.9 Å². The van der Waals surface area contributed by atoms with E-state index in [0.29, 0.717) is 58.0 Å². The monoisotopic (exact) mass is 447 g/mol. The average molecular weight is 448 g/mol. The summed E-state index contributed by atoms with van der Waals surface area (Å²) in [6, 6.07) is -0.215. The van der Waals surface area contributed by atoms with Crippen LogP contribution >= 0.6 is 0 Å². The van der Waals surface area contributed by atoms with E-state index in [1.165, 1.54) is 11.3 Å². The molecule has 0 aromatic carbocycles. The Morgan fingerprint density at radius 1 is 0.969 bits per heavy atom. The van der Waals surface area contributed by atoms with Crippen LogP contribution in [-0.4, -0.2) is 100 Å². The molecule has 4 aliphatic heterocycles. The lowest BCUT2D eigenvalue weighted by Crippen LogP contribution is -2.57. The normalized spacial score (nSPS) is 28.9. The summed E-state index contributed by atoms with van der Waals surface area (Å²) in [6.07, 6.45) is 6.32. The van der Waals surface area contributed by atoms with Crippen molar-refractivity contribution in [2.75, 3.05) is 39.3 Å². The van der Waals surface area contributed by atoms with Crippen LogP contribution in [0.2, 0.25) is 0 Å². The Hall–Kier alpha value is -2.16. The number of hydrogen-bond donors (Lipinski definition) is 1. The molecule has 4 saturated heterocycles. The molecule has 0 unspecified atom stereocenters. The van der Waals surface area contributed by atoms with E-state index in [4.69, 9.17) is 0 Å². The highest BCUT2D eigenvalue weighted by atomic mass is 16.2. The first-order chi connectivity index (χ1) is 15.3. The summed E-state index contributed by atoms with van der Waals surface area (Å²) < 4.78 is 0. The molecule has 9 nitrogen and oxygen atoms in total. The van der Waals surface area contributed by atoms with Crippen molar-refractivity contribution in [1.29, 1.82) is 0 Å². The van der Waals surface area contributed by atoms with Gasteiger partial charge in [-0.3, -0.25) is 24.2 Å². The lowest BCUT2D eigenvalue weighted by atomic mass is 9.87. The third-order valence-corrected chi connectivity index (χ3v) is 7.86. The smallest absolute Gasteiger partial charge is 0.325 e. The largest absolute Gasteiger partial charge is 0.343 e. The van der Waals surface area contributed by atoms with E-state index < -0.39 is 5.54 Å². The van der Waals surface area contributed by atoms with Crippen molar-refractivity contribution in [3.63, 3.8) is 0 Å². The number of carbonyl (C=O) groups excluding carboxylic acids is 4. The van der Waals surface area contributed by atoms with Crippen LogP contribution in [0, 0.1) is 0 Å². The van der Waals surface area contributed by atoms with Crippen LogP contribution in [0.1, 0.15) is 65.2 Å². The molecule has 5 amide bonds.